The van der Waals surface area contributed by atoms with Crippen LogP contribution in [0.5, 0.6) is 0 Å². The van der Waals surface area contributed by atoms with Crippen molar-refractivity contribution >= 4 is 5.97 Å². The molecule has 14 heavy (non-hydrogen) atoms. The molecule has 0 aliphatic carbocycles. The largest absolute Gasteiger partial charge is 1.00 e. The van der Waals surface area contributed by atoms with Gasteiger partial charge >= 0.3 is 29.6 Å². The number of carbonyl (C=O) groups excluding carboxylic acids is 1. The number of hydrogen-bond acceptors (Lipinski definition) is 4. The van der Waals surface area contributed by atoms with Gasteiger partial charge in [0, 0.05) is 12.1 Å². The number of hydrogen-bond donors (Lipinski definition) is 2. The number of rotatable bonds is 3. The van der Waals surface area contributed by atoms with E-state index in [1.165, 1.54) is 0 Å². The van der Waals surface area contributed by atoms with Gasteiger partial charge in [-0.1, -0.05) is 13.8 Å². The van der Waals surface area contributed by atoms with Crippen LogP contribution in [0, 0.1) is 5.92 Å². The Morgan fingerprint density at radius 2 is 2.21 bits per heavy atom. The van der Waals surface area contributed by atoms with Crippen molar-refractivity contribution in [2.45, 2.75) is 44.9 Å². The molecule has 1 heterocycles. The molecule has 1 fully saturated rings. The van der Waals surface area contributed by atoms with E-state index in [2.05, 4.69) is 5.32 Å². The third-order valence-corrected chi connectivity index (χ3v) is 2.37. The number of aliphatic hydroxyl groups excluding tert-OH is 1. The van der Waals surface area contributed by atoms with E-state index in [0.717, 1.165) is 6.42 Å². The molecule has 76 valence electrons. The number of aliphatic carboxylic acids is 1. The Balaban J connectivity index is 0.00000169. The molecule has 0 saturated carbocycles. The monoisotopic (exact) mass is 209 g/mol. The second-order valence-corrected chi connectivity index (χ2v) is 4.08. The normalized spacial score (nSPS) is 31.6. The molecular weight excluding hydrogens is 193 g/mol. The Morgan fingerprint density at radius 3 is 2.57 bits per heavy atom. The first-order valence-corrected chi connectivity index (χ1v) is 4.65. The Bertz CT molecular complexity index is 198. The van der Waals surface area contributed by atoms with Gasteiger partial charge in [0.2, 0.25) is 0 Å². The molecule has 0 radical (unpaired) electrons. The predicted octanol–water partition coefficient (Wildman–Crippen LogP) is -4.12. The maximum absolute atomic E-state index is 10.5. The molecule has 0 aromatic rings. The molecule has 0 aromatic carbocycles. The Morgan fingerprint density at radius 1 is 1.64 bits per heavy atom. The van der Waals surface area contributed by atoms with Gasteiger partial charge < -0.3 is 20.3 Å². The first-order valence-electron chi connectivity index (χ1n) is 4.65. The molecule has 1 aliphatic rings. The van der Waals surface area contributed by atoms with Gasteiger partial charge in [-0.25, -0.2) is 0 Å². The van der Waals surface area contributed by atoms with Crippen LogP contribution in [0.2, 0.25) is 0 Å². The van der Waals surface area contributed by atoms with Crippen LogP contribution < -0.4 is 40.0 Å². The van der Waals surface area contributed by atoms with Gasteiger partial charge in [-0.2, -0.15) is 0 Å². The van der Waals surface area contributed by atoms with Crippen LogP contribution in [0.25, 0.3) is 0 Å². The average Bonchev–Trinajstić information content (AvgIpc) is 2.31. The standard InChI is InChI=1S/C9H17NO3.Na/c1-5(2)3-6-8(11)4-7(10-6)9(12)13;/h5-8,10-11H,3-4H2,1-2H3,(H,12,13);/q;+1/p-1/t6-,7?,8?;/m0./s1. The van der Waals surface area contributed by atoms with E-state index in [-0.39, 0.29) is 42.0 Å². The van der Waals surface area contributed by atoms with Crippen LogP contribution in [0.3, 0.4) is 0 Å². The van der Waals surface area contributed by atoms with Crippen molar-refractivity contribution < 1.29 is 44.6 Å². The Labute approximate surface area is 106 Å². The molecule has 0 spiro atoms. The second kappa shape index (κ2) is 6.08. The average molecular weight is 209 g/mol. The third-order valence-electron chi connectivity index (χ3n) is 2.37. The molecule has 0 aromatic heterocycles. The number of carboxylic acid groups (broad SMARTS) is 1. The SMILES string of the molecule is CC(C)C[C@@H]1NC(C(=O)[O-])CC1O.[Na+]. The summed E-state index contributed by atoms with van der Waals surface area (Å²) in [7, 11) is 0. The molecule has 1 rings (SSSR count). The van der Waals surface area contributed by atoms with Gasteiger partial charge in [0.15, 0.2) is 0 Å². The number of aliphatic hydroxyl groups is 1. The minimum Gasteiger partial charge on any atom is -0.548 e. The molecule has 2 unspecified atom stereocenters. The van der Waals surface area contributed by atoms with Gasteiger partial charge in [0.25, 0.3) is 0 Å². The summed E-state index contributed by atoms with van der Waals surface area (Å²) in [4.78, 5) is 10.5. The minimum atomic E-state index is -1.12. The summed E-state index contributed by atoms with van der Waals surface area (Å²) in [6, 6.07) is -0.776. The Kier molecular flexibility index (Phi) is 6.25. The fraction of sp³-hybridized carbons (Fsp3) is 0.889. The van der Waals surface area contributed by atoms with Gasteiger partial charge in [-0.05, 0) is 18.8 Å². The van der Waals surface area contributed by atoms with Crippen molar-refractivity contribution in [3.05, 3.63) is 0 Å². The molecule has 2 N–H and O–H groups in total. The molecular formula is C9H16NNaO3. The van der Waals surface area contributed by atoms with Gasteiger partial charge in [0.1, 0.15) is 0 Å². The maximum atomic E-state index is 10.5. The molecule has 1 saturated heterocycles. The summed E-state index contributed by atoms with van der Waals surface area (Å²) in [5.74, 6) is -0.669. The first kappa shape index (κ1) is 14.4. The van der Waals surface area contributed by atoms with E-state index in [1.54, 1.807) is 0 Å². The van der Waals surface area contributed by atoms with E-state index in [4.69, 9.17) is 0 Å². The summed E-state index contributed by atoms with van der Waals surface area (Å²) >= 11 is 0. The van der Waals surface area contributed by atoms with Gasteiger partial charge in [0.05, 0.1) is 12.1 Å². The number of nitrogens with one attached hydrogen (secondary N) is 1. The zero-order chi connectivity index (χ0) is 10.0. The summed E-state index contributed by atoms with van der Waals surface area (Å²) in [6.45, 7) is 4.08. The molecule has 1 aliphatic heterocycles. The van der Waals surface area contributed by atoms with Crippen LogP contribution in [-0.2, 0) is 4.79 Å². The fourth-order valence-corrected chi connectivity index (χ4v) is 1.74. The smallest absolute Gasteiger partial charge is 0.548 e. The maximum Gasteiger partial charge on any atom is 1.00 e. The van der Waals surface area contributed by atoms with E-state index in [1.807, 2.05) is 13.8 Å². The van der Waals surface area contributed by atoms with Crippen molar-refractivity contribution in [2.24, 2.45) is 5.92 Å². The zero-order valence-corrected chi connectivity index (χ0v) is 11.0. The Hall–Kier alpha value is 0.390. The van der Waals surface area contributed by atoms with Crippen molar-refractivity contribution in [1.82, 2.24) is 5.32 Å². The van der Waals surface area contributed by atoms with Crippen LogP contribution in [-0.4, -0.2) is 29.3 Å². The van der Waals surface area contributed by atoms with Gasteiger partial charge in [-0.3, -0.25) is 0 Å². The number of carboxylic acids is 1. The van der Waals surface area contributed by atoms with Crippen LogP contribution >= 0.6 is 0 Å². The van der Waals surface area contributed by atoms with Crippen LogP contribution in [0.1, 0.15) is 26.7 Å². The predicted molar refractivity (Wildman–Crippen MR) is 45.8 cm³/mol. The molecule has 0 amide bonds. The van der Waals surface area contributed by atoms with E-state index < -0.39 is 18.1 Å². The quantitative estimate of drug-likeness (QED) is 0.463. The second-order valence-electron chi connectivity index (χ2n) is 4.08. The van der Waals surface area contributed by atoms with E-state index in [9.17, 15) is 15.0 Å². The summed E-state index contributed by atoms with van der Waals surface area (Å²) in [6.07, 6.45) is 0.510. The zero-order valence-electron chi connectivity index (χ0n) is 8.99. The van der Waals surface area contributed by atoms with Crippen molar-refractivity contribution in [3.8, 4) is 0 Å². The van der Waals surface area contributed by atoms with E-state index >= 15 is 0 Å². The topological polar surface area (TPSA) is 72.4 Å². The summed E-state index contributed by atoms with van der Waals surface area (Å²) < 4.78 is 0. The number of carbonyl (C=O) groups is 1. The fourth-order valence-electron chi connectivity index (χ4n) is 1.74. The molecule has 4 nitrogen and oxygen atoms in total. The van der Waals surface area contributed by atoms with E-state index in [0.29, 0.717) is 5.92 Å². The third kappa shape index (κ3) is 3.87. The van der Waals surface area contributed by atoms with Gasteiger partial charge in [-0.15, -0.1) is 0 Å². The molecule has 0 bridgehead atoms. The first-order chi connectivity index (χ1) is 6.00. The van der Waals surface area contributed by atoms with Crippen molar-refractivity contribution in [3.63, 3.8) is 0 Å². The summed E-state index contributed by atoms with van der Waals surface area (Å²) in [5.41, 5.74) is 0. The summed E-state index contributed by atoms with van der Waals surface area (Å²) in [5, 5.41) is 22.9. The molecule has 5 heteroatoms. The van der Waals surface area contributed by atoms with Crippen LogP contribution in [0.15, 0.2) is 0 Å². The van der Waals surface area contributed by atoms with Crippen molar-refractivity contribution in [1.29, 1.82) is 0 Å². The molecule has 3 atom stereocenters. The minimum absolute atomic E-state index is 0. The van der Waals surface area contributed by atoms with Crippen LogP contribution in [0.4, 0.5) is 0 Å². The van der Waals surface area contributed by atoms with Crippen molar-refractivity contribution in [2.75, 3.05) is 0 Å².